The van der Waals surface area contributed by atoms with Gasteiger partial charge >= 0.3 is 5.97 Å². The van der Waals surface area contributed by atoms with Gasteiger partial charge in [-0.3, -0.25) is 10.1 Å². The zero-order valence-electron chi connectivity index (χ0n) is 19.7. The lowest BCUT2D eigenvalue weighted by molar-refractivity contribution is -0.535. The van der Waals surface area contributed by atoms with Crippen LogP contribution in [0.5, 0.6) is 0 Å². The number of nitro groups is 1. The number of carbonyl (C=O) groups is 1. The molecule has 0 radical (unpaired) electrons. The summed E-state index contributed by atoms with van der Waals surface area (Å²) in [4.78, 5) is 28.1. The Labute approximate surface area is 204 Å². The average Bonchev–Trinajstić information content (AvgIpc) is 3.48. The monoisotopic (exact) mass is 475 g/mol. The van der Waals surface area contributed by atoms with Gasteiger partial charge in [0, 0.05) is 22.8 Å². The summed E-state index contributed by atoms with van der Waals surface area (Å²) in [5.74, 6) is -0.349. The van der Waals surface area contributed by atoms with Crippen LogP contribution in [0.1, 0.15) is 59.6 Å². The van der Waals surface area contributed by atoms with E-state index in [0.29, 0.717) is 18.6 Å². The van der Waals surface area contributed by atoms with Gasteiger partial charge in [0.15, 0.2) is 0 Å². The number of nitrogens with zero attached hydrogens (tertiary/aromatic N) is 3. The molecular weight excluding hydrogens is 446 g/mol. The predicted molar refractivity (Wildman–Crippen MR) is 130 cm³/mol. The van der Waals surface area contributed by atoms with Crippen molar-refractivity contribution >= 4 is 5.97 Å². The third-order valence-corrected chi connectivity index (χ3v) is 7.43. The molecule has 1 aliphatic carbocycles. The van der Waals surface area contributed by atoms with E-state index in [9.17, 15) is 14.9 Å². The van der Waals surface area contributed by atoms with Crippen LogP contribution in [0, 0.1) is 16.0 Å². The third-order valence-electron chi connectivity index (χ3n) is 7.43. The Bertz CT molecular complexity index is 1210. The molecule has 0 spiro atoms. The molecule has 5 rings (SSSR count). The highest BCUT2D eigenvalue weighted by atomic mass is 16.6. The zero-order chi connectivity index (χ0) is 24.4. The second-order valence-corrected chi connectivity index (χ2v) is 9.42. The minimum absolute atomic E-state index is 0.0206. The predicted octanol–water partition coefficient (Wildman–Crippen LogP) is 5.05. The van der Waals surface area contributed by atoms with Crippen LogP contribution in [-0.2, 0) is 16.1 Å². The van der Waals surface area contributed by atoms with E-state index >= 15 is 0 Å². The molecule has 1 fully saturated rings. The van der Waals surface area contributed by atoms with Crippen molar-refractivity contribution in [2.75, 3.05) is 7.11 Å². The number of imidazole rings is 1. The van der Waals surface area contributed by atoms with Crippen molar-refractivity contribution in [1.29, 1.82) is 0 Å². The molecule has 2 atom stereocenters. The Hall–Kier alpha value is -3.52. The Kier molecular flexibility index (Phi) is 6.63. The maximum atomic E-state index is 12.2. The van der Waals surface area contributed by atoms with E-state index in [1.54, 1.807) is 18.5 Å². The quantitative estimate of drug-likeness (QED) is 0.257. The number of rotatable bonds is 8. The first kappa shape index (κ1) is 23.2. The summed E-state index contributed by atoms with van der Waals surface area (Å²) < 4.78 is 13.0. The maximum Gasteiger partial charge on any atom is 0.337 e. The first-order valence-corrected chi connectivity index (χ1v) is 12.1. The van der Waals surface area contributed by atoms with Gasteiger partial charge in [-0.15, -0.1) is 0 Å². The molecule has 3 aromatic rings. The topological polar surface area (TPSA) is 96.5 Å². The fourth-order valence-corrected chi connectivity index (χ4v) is 5.61. The van der Waals surface area contributed by atoms with Gasteiger partial charge in [-0.1, -0.05) is 36.4 Å². The fourth-order valence-electron chi connectivity index (χ4n) is 5.61. The molecule has 2 unspecified atom stereocenters. The molecule has 1 aliphatic heterocycles. The molecule has 2 aliphatic rings. The van der Waals surface area contributed by atoms with Crippen molar-refractivity contribution in [3.63, 3.8) is 0 Å². The first-order chi connectivity index (χ1) is 17.0. The number of hydrogen-bond donors (Lipinski definition) is 0. The van der Waals surface area contributed by atoms with Crippen molar-refractivity contribution in [2.24, 2.45) is 5.92 Å². The second-order valence-electron chi connectivity index (χ2n) is 9.42. The van der Waals surface area contributed by atoms with Crippen LogP contribution in [0.3, 0.4) is 0 Å². The van der Waals surface area contributed by atoms with Gasteiger partial charge in [0.25, 0.3) is 0 Å². The maximum absolute atomic E-state index is 12.2. The van der Waals surface area contributed by atoms with Crippen molar-refractivity contribution in [3.05, 3.63) is 87.9 Å². The van der Waals surface area contributed by atoms with E-state index in [2.05, 4.69) is 21.7 Å². The number of esters is 1. The number of ether oxygens (including phenoxy) is 2. The Morgan fingerprint density at radius 1 is 1.17 bits per heavy atom. The van der Waals surface area contributed by atoms with E-state index in [-0.39, 0.29) is 29.0 Å². The Balaban J connectivity index is 1.20. The molecule has 0 bridgehead atoms. The number of fused-ring (bicyclic) bond motifs is 3. The number of methoxy groups -OCH3 is 1. The summed E-state index contributed by atoms with van der Waals surface area (Å²) in [5.41, 5.74) is 4.70. The minimum atomic E-state index is -0.612. The van der Waals surface area contributed by atoms with Gasteiger partial charge in [0.05, 0.1) is 49.6 Å². The Morgan fingerprint density at radius 3 is 2.74 bits per heavy atom. The van der Waals surface area contributed by atoms with Gasteiger partial charge in [-0.05, 0) is 48.9 Å². The molecular formula is C27H29N3O5. The van der Waals surface area contributed by atoms with Crippen LogP contribution in [-0.4, -0.2) is 39.7 Å². The molecule has 2 heterocycles. The van der Waals surface area contributed by atoms with Crippen LogP contribution < -0.4 is 0 Å². The molecule has 0 N–H and O–H groups in total. The molecule has 0 amide bonds. The molecule has 182 valence electrons. The second kappa shape index (κ2) is 10.00. The van der Waals surface area contributed by atoms with E-state index in [0.717, 1.165) is 48.1 Å². The molecule has 8 nitrogen and oxygen atoms in total. The highest BCUT2D eigenvalue weighted by molar-refractivity contribution is 5.89. The van der Waals surface area contributed by atoms with E-state index in [1.807, 2.05) is 30.5 Å². The summed E-state index contributed by atoms with van der Waals surface area (Å²) in [6, 6.07) is 14.7. The largest absolute Gasteiger partial charge is 0.465 e. The molecule has 1 aromatic heterocycles. The summed E-state index contributed by atoms with van der Waals surface area (Å²) in [6.45, 7) is 0.404. The van der Waals surface area contributed by atoms with Gasteiger partial charge in [0.1, 0.15) is 0 Å². The smallest absolute Gasteiger partial charge is 0.337 e. The van der Waals surface area contributed by atoms with E-state index in [1.165, 1.54) is 7.11 Å². The van der Waals surface area contributed by atoms with Crippen LogP contribution in [0.2, 0.25) is 0 Å². The first-order valence-electron chi connectivity index (χ1n) is 12.1. The lowest BCUT2D eigenvalue weighted by Crippen LogP contribution is -2.35. The van der Waals surface area contributed by atoms with E-state index in [4.69, 9.17) is 9.47 Å². The average molecular weight is 476 g/mol. The standard InChI is InChI=1S/C27H29N3O5/c1-34-27(31)20-6-4-5-18(13-20)16-35-21-11-9-19(10-12-21)24(30(32)33)14-25-22-7-2-3-8-23(22)26-15-28-17-29(25)26/h2-8,13,15,17,19,21,24-25H,9-12,14,16H2,1H3. The van der Waals surface area contributed by atoms with E-state index < -0.39 is 6.04 Å². The highest BCUT2D eigenvalue weighted by Crippen LogP contribution is 2.43. The number of hydrogen-bond acceptors (Lipinski definition) is 6. The van der Waals surface area contributed by atoms with Gasteiger partial charge < -0.3 is 14.0 Å². The van der Waals surface area contributed by atoms with Crippen LogP contribution >= 0.6 is 0 Å². The van der Waals surface area contributed by atoms with Gasteiger partial charge in [-0.2, -0.15) is 0 Å². The molecule has 2 aromatic carbocycles. The fraction of sp³-hybridized carbons (Fsp3) is 0.407. The highest BCUT2D eigenvalue weighted by Gasteiger charge is 2.40. The van der Waals surface area contributed by atoms with Crippen molar-refractivity contribution < 1.29 is 19.2 Å². The minimum Gasteiger partial charge on any atom is -0.465 e. The summed E-state index contributed by atoms with van der Waals surface area (Å²) >= 11 is 0. The summed E-state index contributed by atoms with van der Waals surface area (Å²) in [5, 5.41) is 12.2. The zero-order valence-corrected chi connectivity index (χ0v) is 19.7. The summed E-state index contributed by atoms with van der Waals surface area (Å²) in [7, 11) is 1.36. The van der Waals surface area contributed by atoms with Crippen molar-refractivity contribution in [3.8, 4) is 11.3 Å². The van der Waals surface area contributed by atoms with Crippen molar-refractivity contribution in [1.82, 2.24) is 9.55 Å². The SMILES string of the molecule is COC(=O)c1cccc(COC2CCC(C(CC3c4ccccc4-c4cncn43)[N+](=O)[O-])CC2)c1. The van der Waals surface area contributed by atoms with Crippen LogP contribution in [0.4, 0.5) is 0 Å². The third kappa shape index (κ3) is 4.71. The lowest BCUT2D eigenvalue weighted by atomic mass is 9.80. The molecule has 8 heteroatoms. The van der Waals surface area contributed by atoms with Gasteiger partial charge in [0.2, 0.25) is 6.04 Å². The number of aromatic nitrogens is 2. The lowest BCUT2D eigenvalue weighted by Gasteiger charge is -2.31. The Morgan fingerprint density at radius 2 is 1.97 bits per heavy atom. The summed E-state index contributed by atoms with van der Waals surface area (Å²) in [6.07, 6.45) is 7.28. The van der Waals surface area contributed by atoms with Gasteiger partial charge in [-0.25, -0.2) is 9.78 Å². The van der Waals surface area contributed by atoms with Crippen LogP contribution in [0.15, 0.2) is 61.1 Å². The number of benzene rings is 2. The normalized spacial score (nSPS) is 21.7. The molecule has 1 saturated carbocycles. The molecule has 0 saturated heterocycles. The van der Waals surface area contributed by atoms with Crippen LogP contribution in [0.25, 0.3) is 11.3 Å². The molecule has 35 heavy (non-hydrogen) atoms. The van der Waals surface area contributed by atoms with Crippen molar-refractivity contribution in [2.45, 2.75) is 56.9 Å². The number of carbonyl (C=O) groups excluding carboxylic acids is 1.